The molecule has 0 saturated carbocycles. The Labute approximate surface area is 148 Å². The van der Waals surface area contributed by atoms with E-state index in [1.54, 1.807) is 6.07 Å². The molecule has 2 rings (SSSR count). The third kappa shape index (κ3) is 3.55. The molecular formula is C16H14Cl3NO3. The Morgan fingerprint density at radius 2 is 1.74 bits per heavy atom. The molecule has 0 aliphatic rings. The van der Waals surface area contributed by atoms with E-state index in [-0.39, 0.29) is 26.4 Å². The summed E-state index contributed by atoms with van der Waals surface area (Å²) >= 11 is 17.8. The molecule has 7 heteroatoms. The predicted octanol–water partition coefficient (Wildman–Crippen LogP) is 4.64. The minimum absolute atomic E-state index is 0.00310. The Kier molecular flexibility index (Phi) is 5.40. The van der Waals surface area contributed by atoms with Crippen molar-refractivity contribution < 1.29 is 14.3 Å². The average molecular weight is 375 g/mol. The summed E-state index contributed by atoms with van der Waals surface area (Å²) < 4.78 is 6.93. The number of halogens is 3. The van der Waals surface area contributed by atoms with E-state index in [1.807, 2.05) is 25.5 Å². The van der Waals surface area contributed by atoms with Crippen molar-refractivity contribution in [3.63, 3.8) is 0 Å². The molecule has 1 heterocycles. The van der Waals surface area contributed by atoms with Crippen molar-refractivity contribution in [2.45, 2.75) is 13.8 Å². The van der Waals surface area contributed by atoms with Gasteiger partial charge >= 0.3 is 5.97 Å². The predicted molar refractivity (Wildman–Crippen MR) is 91.0 cm³/mol. The van der Waals surface area contributed by atoms with E-state index >= 15 is 0 Å². The topological polar surface area (TPSA) is 48.3 Å². The lowest BCUT2D eigenvalue weighted by molar-refractivity contribution is 0.0475. The number of ether oxygens (including phenoxy) is 1. The molecule has 0 aliphatic heterocycles. The van der Waals surface area contributed by atoms with E-state index in [4.69, 9.17) is 39.5 Å². The lowest BCUT2D eigenvalue weighted by Gasteiger charge is -2.08. The van der Waals surface area contributed by atoms with Crippen LogP contribution in [0.15, 0.2) is 18.2 Å². The SMILES string of the molecule is Cc1cc(C(=O)COC(=O)c2c(Cl)ccc(Cl)c2Cl)c(C)n1C. The zero-order valence-corrected chi connectivity index (χ0v) is 15.0. The summed E-state index contributed by atoms with van der Waals surface area (Å²) in [6.45, 7) is 3.32. The van der Waals surface area contributed by atoms with Crippen LogP contribution in [0.2, 0.25) is 15.1 Å². The van der Waals surface area contributed by atoms with Gasteiger partial charge in [-0.3, -0.25) is 4.79 Å². The summed E-state index contributed by atoms with van der Waals surface area (Å²) in [6.07, 6.45) is 0. The second kappa shape index (κ2) is 6.95. The highest BCUT2D eigenvalue weighted by Gasteiger charge is 2.21. The number of aromatic nitrogens is 1. The summed E-state index contributed by atoms with van der Waals surface area (Å²) in [5.74, 6) is -1.09. The zero-order valence-electron chi connectivity index (χ0n) is 12.7. The quantitative estimate of drug-likeness (QED) is 0.445. The van der Waals surface area contributed by atoms with Gasteiger partial charge in [0.15, 0.2) is 6.61 Å². The zero-order chi connectivity index (χ0) is 17.3. The van der Waals surface area contributed by atoms with E-state index in [0.29, 0.717) is 5.56 Å². The number of benzene rings is 1. The van der Waals surface area contributed by atoms with Crippen LogP contribution in [0, 0.1) is 13.8 Å². The van der Waals surface area contributed by atoms with Gasteiger partial charge in [0, 0.05) is 24.0 Å². The number of nitrogens with zero attached hydrogens (tertiary/aromatic N) is 1. The van der Waals surface area contributed by atoms with Crippen LogP contribution < -0.4 is 0 Å². The largest absolute Gasteiger partial charge is 0.454 e. The normalized spacial score (nSPS) is 10.7. The van der Waals surface area contributed by atoms with Crippen LogP contribution in [0.25, 0.3) is 0 Å². The number of carbonyl (C=O) groups excluding carboxylic acids is 2. The summed E-state index contributed by atoms with van der Waals surface area (Å²) in [6, 6.07) is 4.67. The first-order valence-corrected chi connectivity index (χ1v) is 7.84. The number of rotatable bonds is 4. The lowest BCUT2D eigenvalue weighted by Crippen LogP contribution is -2.15. The molecule has 0 spiro atoms. The molecule has 122 valence electrons. The fourth-order valence-electron chi connectivity index (χ4n) is 2.13. The molecule has 0 radical (unpaired) electrons. The molecular weight excluding hydrogens is 361 g/mol. The van der Waals surface area contributed by atoms with E-state index in [1.165, 1.54) is 12.1 Å². The minimum Gasteiger partial charge on any atom is -0.454 e. The molecule has 0 bridgehead atoms. The summed E-state index contributed by atoms with van der Waals surface area (Å²) in [5, 5.41) is 0.302. The van der Waals surface area contributed by atoms with Crippen LogP contribution in [0.3, 0.4) is 0 Å². The lowest BCUT2D eigenvalue weighted by atomic mass is 10.1. The highest BCUT2D eigenvalue weighted by molar-refractivity contribution is 6.46. The monoisotopic (exact) mass is 373 g/mol. The fourth-order valence-corrected chi connectivity index (χ4v) is 2.82. The van der Waals surface area contributed by atoms with Gasteiger partial charge in [-0.2, -0.15) is 0 Å². The molecule has 0 saturated heterocycles. The molecule has 0 amide bonds. The molecule has 0 fully saturated rings. The highest BCUT2D eigenvalue weighted by Crippen LogP contribution is 2.31. The smallest absolute Gasteiger partial charge is 0.341 e. The second-order valence-electron chi connectivity index (χ2n) is 5.06. The number of hydrogen-bond acceptors (Lipinski definition) is 3. The molecule has 1 aromatic carbocycles. The van der Waals surface area contributed by atoms with Crippen molar-refractivity contribution in [1.29, 1.82) is 0 Å². The van der Waals surface area contributed by atoms with Gasteiger partial charge in [0.2, 0.25) is 5.78 Å². The maximum atomic E-state index is 12.2. The molecule has 0 unspecified atom stereocenters. The average Bonchev–Trinajstić information content (AvgIpc) is 2.76. The van der Waals surface area contributed by atoms with Crippen LogP contribution in [0.4, 0.5) is 0 Å². The van der Waals surface area contributed by atoms with Crippen molar-refractivity contribution >= 4 is 46.6 Å². The van der Waals surface area contributed by atoms with Gasteiger partial charge < -0.3 is 9.30 Å². The van der Waals surface area contributed by atoms with Gasteiger partial charge in [0.1, 0.15) is 0 Å². The first-order valence-electron chi connectivity index (χ1n) is 6.70. The van der Waals surface area contributed by atoms with Crippen LogP contribution in [-0.2, 0) is 11.8 Å². The van der Waals surface area contributed by atoms with Crippen LogP contribution in [0.5, 0.6) is 0 Å². The Morgan fingerprint density at radius 1 is 1.13 bits per heavy atom. The maximum Gasteiger partial charge on any atom is 0.341 e. The van der Waals surface area contributed by atoms with E-state index in [9.17, 15) is 9.59 Å². The van der Waals surface area contributed by atoms with Crippen molar-refractivity contribution in [2.24, 2.45) is 7.05 Å². The Balaban J connectivity index is 2.15. The Hall–Kier alpha value is -1.49. The van der Waals surface area contributed by atoms with Crippen molar-refractivity contribution in [3.8, 4) is 0 Å². The van der Waals surface area contributed by atoms with Crippen molar-refractivity contribution in [3.05, 3.63) is 55.8 Å². The summed E-state index contributed by atoms with van der Waals surface area (Å²) in [4.78, 5) is 24.3. The Morgan fingerprint density at radius 3 is 2.30 bits per heavy atom. The molecule has 0 N–H and O–H groups in total. The fraction of sp³-hybridized carbons (Fsp3) is 0.250. The Bertz CT molecular complexity index is 796. The van der Waals surface area contributed by atoms with Gasteiger partial charge in [0.25, 0.3) is 0 Å². The molecule has 1 aromatic heterocycles. The van der Waals surface area contributed by atoms with Crippen LogP contribution >= 0.6 is 34.8 Å². The first kappa shape index (κ1) is 17.9. The number of aryl methyl sites for hydroxylation is 1. The van der Waals surface area contributed by atoms with Crippen LogP contribution in [-0.4, -0.2) is 22.9 Å². The summed E-state index contributed by atoms with van der Waals surface area (Å²) in [5.41, 5.74) is 2.22. The number of carbonyl (C=O) groups is 2. The third-order valence-corrected chi connectivity index (χ3v) is 4.78. The van der Waals surface area contributed by atoms with E-state index < -0.39 is 12.6 Å². The molecule has 0 aliphatic carbocycles. The van der Waals surface area contributed by atoms with Gasteiger partial charge in [-0.25, -0.2) is 4.79 Å². The first-order chi connectivity index (χ1) is 10.7. The van der Waals surface area contributed by atoms with Crippen LogP contribution in [0.1, 0.15) is 32.1 Å². The van der Waals surface area contributed by atoms with Gasteiger partial charge in [-0.1, -0.05) is 34.8 Å². The van der Waals surface area contributed by atoms with Crippen molar-refractivity contribution in [2.75, 3.05) is 6.61 Å². The van der Waals surface area contributed by atoms with E-state index in [2.05, 4.69) is 0 Å². The minimum atomic E-state index is -0.791. The third-order valence-electron chi connectivity index (χ3n) is 3.66. The number of Topliss-reactive ketones (excluding diaryl/α,β-unsaturated/α-hetero) is 1. The second-order valence-corrected chi connectivity index (χ2v) is 6.25. The standard InChI is InChI=1S/C16H14Cl3NO3/c1-8-6-10(9(2)20(8)3)13(21)7-23-16(22)14-11(17)4-5-12(18)15(14)19/h4-6H,7H2,1-3H3. The number of hydrogen-bond donors (Lipinski definition) is 0. The van der Waals surface area contributed by atoms with Gasteiger partial charge in [0.05, 0.1) is 20.6 Å². The number of ketones is 1. The molecule has 2 aromatic rings. The maximum absolute atomic E-state index is 12.2. The molecule has 0 atom stereocenters. The van der Waals surface area contributed by atoms with Gasteiger partial charge in [-0.05, 0) is 32.0 Å². The van der Waals surface area contributed by atoms with Gasteiger partial charge in [-0.15, -0.1) is 0 Å². The van der Waals surface area contributed by atoms with Crippen molar-refractivity contribution in [1.82, 2.24) is 4.57 Å². The summed E-state index contributed by atoms with van der Waals surface area (Å²) in [7, 11) is 1.86. The highest BCUT2D eigenvalue weighted by atomic mass is 35.5. The molecule has 4 nitrogen and oxygen atoms in total. The number of esters is 1. The molecule has 23 heavy (non-hydrogen) atoms. The van der Waals surface area contributed by atoms with E-state index in [0.717, 1.165) is 11.4 Å².